The topological polar surface area (TPSA) is 108 Å². The van der Waals surface area contributed by atoms with Crippen molar-refractivity contribution in [3.05, 3.63) is 35.5 Å². The number of nitrogens with one attached hydrogen (secondary N) is 3. The number of carbonyl (C=O) groups excluding carboxylic acids is 3. The van der Waals surface area contributed by atoms with Crippen LogP contribution in [-0.2, 0) is 16.1 Å². The fraction of sp³-hybridized carbons (Fsp3) is 0.538. The monoisotopic (exact) mass is 480 g/mol. The van der Waals surface area contributed by atoms with Crippen LogP contribution in [-0.4, -0.2) is 52.7 Å². The van der Waals surface area contributed by atoms with Crippen LogP contribution < -0.4 is 16.0 Å². The van der Waals surface area contributed by atoms with Crippen molar-refractivity contribution in [2.24, 2.45) is 11.8 Å². The van der Waals surface area contributed by atoms with Gasteiger partial charge in [-0.1, -0.05) is 26.0 Å². The molecule has 5 rings (SSSR count). The fourth-order valence-electron chi connectivity index (χ4n) is 4.28. The molecular formula is C26H36N6O3. The second-order valence-corrected chi connectivity index (χ2v) is 9.38. The van der Waals surface area contributed by atoms with Gasteiger partial charge in [-0.15, -0.1) is 0 Å². The molecule has 3 amide bonds. The lowest BCUT2D eigenvalue weighted by atomic mass is 10.0. The molecule has 9 nitrogen and oxygen atoms in total. The lowest BCUT2D eigenvalue weighted by Gasteiger charge is -2.31. The van der Waals surface area contributed by atoms with E-state index in [-0.39, 0.29) is 42.3 Å². The third kappa shape index (κ3) is 5.56. The fourth-order valence-corrected chi connectivity index (χ4v) is 4.28. The first-order valence-corrected chi connectivity index (χ1v) is 12.7. The van der Waals surface area contributed by atoms with Gasteiger partial charge in [0.25, 0.3) is 5.91 Å². The summed E-state index contributed by atoms with van der Waals surface area (Å²) in [7, 11) is 1.88. The summed E-state index contributed by atoms with van der Waals surface area (Å²) in [4.78, 5) is 39.3. The van der Waals surface area contributed by atoms with E-state index in [1.807, 2.05) is 46.0 Å². The Balaban J connectivity index is 0.00000141. The quantitative estimate of drug-likeness (QED) is 0.538. The lowest BCUT2D eigenvalue weighted by molar-refractivity contribution is -0.122. The highest BCUT2D eigenvalue weighted by Crippen LogP contribution is 2.35. The minimum Gasteiger partial charge on any atom is -0.338 e. The van der Waals surface area contributed by atoms with Gasteiger partial charge in [-0.2, -0.15) is 5.10 Å². The van der Waals surface area contributed by atoms with Gasteiger partial charge in [0.05, 0.1) is 24.1 Å². The van der Waals surface area contributed by atoms with Crippen molar-refractivity contribution in [3.63, 3.8) is 0 Å². The summed E-state index contributed by atoms with van der Waals surface area (Å²) >= 11 is 0. The van der Waals surface area contributed by atoms with E-state index in [2.05, 4.69) is 16.0 Å². The Bertz CT molecular complexity index is 1100. The van der Waals surface area contributed by atoms with Crippen LogP contribution in [0.1, 0.15) is 68.5 Å². The van der Waals surface area contributed by atoms with Crippen LogP contribution in [0.15, 0.2) is 24.3 Å². The summed E-state index contributed by atoms with van der Waals surface area (Å²) in [6, 6.07) is 7.68. The van der Waals surface area contributed by atoms with E-state index in [1.54, 1.807) is 15.6 Å². The molecule has 1 aromatic carbocycles. The van der Waals surface area contributed by atoms with Crippen LogP contribution >= 0.6 is 0 Å². The van der Waals surface area contributed by atoms with Gasteiger partial charge in [0.1, 0.15) is 5.69 Å². The van der Waals surface area contributed by atoms with Crippen molar-refractivity contribution < 1.29 is 14.4 Å². The Morgan fingerprint density at radius 2 is 1.74 bits per heavy atom. The third-order valence-corrected chi connectivity index (χ3v) is 6.48. The van der Waals surface area contributed by atoms with Crippen LogP contribution in [0.2, 0.25) is 0 Å². The van der Waals surface area contributed by atoms with Gasteiger partial charge in [-0.3, -0.25) is 19.1 Å². The smallest absolute Gasteiger partial charge is 0.273 e. The summed E-state index contributed by atoms with van der Waals surface area (Å²) in [6.45, 7) is 7.38. The highest BCUT2D eigenvalue weighted by molar-refractivity contribution is 5.99. The number of nitrogens with zero attached hydrogens (tertiary/aromatic N) is 3. The van der Waals surface area contributed by atoms with Crippen molar-refractivity contribution in [1.82, 2.24) is 25.3 Å². The SMILES string of the molecule is CC.CNCc1ccc(-c2cc3n(n2)C(C)CN(CNC(=O)C2CC2)C3=O)c(NC(=O)C2CC2)c1. The Labute approximate surface area is 206 Å². The van der Waals surface area contributed by atoms with Crippen LogP contribution in [0.3, 0.4) is 0 Å². The Hall–Kier alpha value is -3.20. The first-order valence-electron chi connectivity index (χ1n) is 12.7. The Kier molecular flexibility index (Phi) is 7.54. The number of hydrogen-bond donors (Lipinski definition) is 3. The zero-order valence-corrected chi connectivity index (χ0v) is 21.1. The van der Waals surface area contributed by atoms with Gasteiger partial charge in [-0.05, 0) is 57.4 Å². The van der Waals surface area contributed by atoms with Gasteiger partial charge in [-0.25, -0.2) is 0 Å². The number of carbonyl (C=O) groups is 3. The summed E-state index contributed by atoms with van der Waals surface area (Å²) < 4.78 is 1.75. The van der Waals surface area contributed by atoms with Gasteiger partial charge < -0.3 is 20.9 Å². The number of anilines is 1. The molecule has 0 saturated heterocycles. The molecule has 2 saturated carbocycles. The van der Waals surface area contributed by atoms with E-state index in [1.165, 1.54) is 0 Å². The average Bonchev–Trinajstić information content (AvgIpc) is 3.78. The summed E-state index contributed by atoms with van der Waals surface area (Å²) in [5, 5.41) is 13.8. The molecule has 1 atom stereocenters. The lowest BCUT2D eigenvalue weighted by Crippen LogP contribution is -2.48. The maximum atomic E-state index is 13.1. The largest absolute Gasteiger partial charge is 0.338 e. The third-order valence-electron chi connectivity index (χ3n) is 6.48. The van der Waals surface area contributed by atoms with Gasteiger partial charge in [0.15, 0.2) is 0 Å². The van der Waals surface area contributed by atoms with Crippen molar-refractivity contribution in [2.75, 3.05) is 25.6 Å². The molecular weight excluding hydrogens is 444 g/mol. The van der Waals surface area contributed by atoms with Crippen LogP contribution in [0.4, 0.5) is 5.69 Å². The maximum Gasteiger partial charge on any atom is 0.273 e. The number of fused-ring (bicyclic) bond motifs is 1. The van der Waals surface area contributed by atoms with Crippen molar-refractivity contribution in [3.8, 4) is 11.3 Å². The normalized spacial score (nSPS) is 18.9. The van der Waals surface area contributed by atoms with Crippen LogP contribution in [0.5, 0.6) is 0 Å². The highest BCUT2D eigenvalue weighted by Gasteiger charge is 2.34. The number of aromatic nitrogens is 2. The van der Waals surface area contributed by atoms with Gasteiger partial charge in [0, 0.05) is 30.5 Å². The molecule has 35 heavy (non-hydrogen) atoms. The van der Waals surface area contributed by atoms with E-state index in [0.29, 0.717) is 30.2 Å². The molecule has 0 radical (unpaired) electrons. The molecule has 3 N–H and O–H groups in total. The Morgan fingerprint density at radius 3 is 2.40 bits per heavy atom. The van der Waals surface area contributed by atoms with E-state index in [0.717, 1.165) is 36.8 Å². The van der Waals surface area contributed by atoms with E-state index < -0.39 is 0 Å². The first-order chi connectivity index (χ1) is 16.9. The van der Waals surface area contributed by atoms with Crippen molar-refractivity contribution in [2.45, 2.75) is 59.0 Å². The molecule has 2 aromatic rings. The zero-order chi connectivity index (χ0) is 25.1. The number of benzene rings is 1. The molecule has 188 valence electrons. The molecule has 2 heterocycles. The van der Waals surface area contributed by atoms with Crippen LogP contribution in [0, 0.1) is 11.8 Å². The summed E-state index contributed by atoms with van der Waals surface area (Å²) in [5.74, 6) is 0.0895. The second kappa shape index (κ2) is 10.6. The molecule has 2 aliphatic carbocycles. The maximum absolute atomic E-state index is 13.1. The molecule has 2 fully saturated rings. The molecule has 1 aliphatic heterocycles. The molecule has 9 heteroatoms. The second-order valence-electron chi connectivity index (χ2n) is 9.38. The number of rotatable bonds is 8. The van der Waals surface area contributed by atoms with E-state index in [4.69, 9.17) is 5.10 Å². The summed E-state index contributed by atoms with van der Waals surface area (Å²) in [6.07, 6.45) is 3.71. The minimum absolute atomic E-state index is 0.0212. The first kappa shape index (κ1) is 24.9. The number of hydrogen-bond acceptors (Lipinski definition) is 5. The predicted molar refractivity (Wildman–Crippen MR) is 135 cm³/mol. The Morgan fingerprint density at radius 1 is 1.06 bits per heavy atom. The van der Waals surface area contributed by atoms with Crippen molar-refractivity contribution in [1.29, 1.82) is 0 Å². The minimum atomic E-state index is -0.154. The molecule has 0 bridgehead atoms. The molecule has 3 aliphatic rings. The van der Waals surface area contributed by atoms with Crippen LogP contribution in [0.25, 0.3) is 11.3 Å². The summed E-state index contributed by atoms with van der Waals surface area (Å²) in [5.41, 5.74) is 3.70. The van der Waals surface area contributed by atoms with Gasteiger partial charge in [0.2, 0.25) is 11.8 Å². The zero-order valence-electron chi connectivity index (χ0n) is 21.1. The predicted octanol–water partition coefficient (Wildman–Crippen LogP) is 3.14. The molecule has 0 spiro atoms. The number of amides is 3. The standard InChI is InChI=1S/C24H30N6O3.C2H6/c1-14-12-29(13-26-22(31)16-4-5-16)24(33)21-10-20(28-30(14)21)18-8-3-15(11-25-2)9-19(18)27-23(32)17-6-7-17;1-2/h3,8-10,14,16-17,25H,4-7,11-13H2,1-2H3,(H,26,31)(H,27,32);1-2H3. The van der Waals surface area contributed by atoms with Gasteiger partial charge >= 0.3 is 0 Å². The highest BCUT2D eigenvalue weighted by atomic mass is 16.2. The van der Waals surface area contributed by atoms with E-state index >= 15 is 0 Å². The molecule has 1 unspecified atom stereocenters. The van der Waals surface area contributed by atoms with E-state index in [9.17, 15) is 14.4 Å². The van der Waals surface area contributed by atoms with Crippen molar-refractivity contribution >= 4 is 23.4 Å². The average molecular weight is 481 g/mol. The molecule has 1 aromatic heterocycles.